The number of anilines is 1. The van der Waals surface area contributed by atoms with Crippen LogP contribution in [0.4, 0.5) is 18.9 Å². The monoisotopic (exact) mass is 266 g/mol. The van der Waals surface area contributed by atoms with Crippen LogP contribution >= 0.6 is 0 Å². The van der Waals surface area contributed by atoms with Crippen molar-refractivity contribution in [3.8, 4) is 0 Å². The van der Waals surface area contributed by atoms with E-state index in [1.54, 1.807) is 0 Å². The topological polar surface area (TPSA) is 42.0 Å². The number of carbonyl (C=O) groups excluding carboxylic acids is 1. The second-order valence-corrected chi connectivity index (χ2v) is 3.90. The summed E-state index contributed by atoms with van der Waals surface area (Å²) in [4.78, 5) is 15.3. The molecule has 0 spiro atoms. The molecule has 0 fully saturated rings. The molecule has 1 aromatic heterocycles. The number of aryl methyl sites for hydroxylation is 1. The summed E-state index contributed by atoms with van der Waals surface area (Å²) >= 11 is 0. The minimum Gasteiger partial charge on any atom is -0.321 e. The molecule has 0 radical (unpaired) electrons. The molecule has 0 atom stereocenters. The molecule has 1 N–H and O–H groups in total. The van der Waals surface area contributed by atoms with Crippen molar-refractivity contribution in [2.24, 2.45) is 0 Å². The fraction of sp³-hybridized carbons (Fsp3) is 0.0769. The standard InChI is InChI=1S/C13H9F3N2O/c1-7-4-9(5-10(15)12(7)16)18-13(19)11-3-2-8(14)6-17-11/h2-6H,1H3,(H,18,19). The molecule has 98 valence electrons. The van der Waals surface area contributed by atoms with Gasteiger partial charge in [-0.05, 0) is 30.7 Å². The normalized spacial score (nSPS) is 10.3. The van der Waals surface area contributed by atoms with E-state index in [-0.39, 0.29) is 16.9 Å². The summed E-state index contributed by atoms with van der Waals surface area (Å²) in [5.41, 5.74) is 0.152. The molecule has 1 amide bonds. The third-order valence-corrected chi connectivity index (χ3v) is 2.43. The lowest BCUT2D eigenvalue weighted by Crippen LogP contribution is -2.14. The van der Waals surface area contributed by atoms with Crippen molar-refractivity contribution in [3.63, 3.8) is 0 Å². The molecular formula is C13H9F3N2O. The summed E-state index contributed by atoms with van der Waals surface area (Å²) in [6, 6.07) is 4.43. The predicted octanol–water partition coefficient (Wildman–Crippen LogP) is 3.06. The van der Waals surface area contributed by atoms with E-state index in [2.05, 4.69) is 10.3 Å². The predicted molar refractivity (Wildman–Crippen MR) is 63.2 cm³/mol. The minimum atomic E-state index is -1.05. The number of hydrogen-bond acceptors (Lipinski definition) is 2. The van der Waals surface area contributed by atoms with Crippen molar-refractivity contribution in [3.05, 3.63) is 59.2 Å². The zero-order chi connectivity index (χ0) is 14.0. The van der Waals surface area contributed by atoms with Crippen molar-refractivity contribution in [1.29, 1.82) is 0 Å². The van der Waals surface area contributed by atoms with E-state index in [4.69, 9.17) is 0 Å². The van der Waals surface area contributed by atoms with Gasteiger partial charge in [-0.2, -0.15) is 0 Å². The Morgan fingerprint density at radius 2 is 1.95 bits per heavy atom. The molecule has 1 aromatic carbocycles. The molecule has 19 heavy (non-hydrogen) atoms. The van der Waals surface area contributed by atoms with Crippen LogP contribution in [-0.4, -0.2) is 10.9 Å². The van der Waals surface area contributed by atoms with Crippen molar-refractivity contribution in [2.45, 2.75) is 6.92 Å². The van der Waals surface area contributed by atoms with Crippen LogP contribution in [0.15, 0.2) is 30.5 Å². The summed E-state index contributed by atoms with van der Waals surface area (Å²) in [6.45, 7) is 1.38. The van der Waals surface area contributed by atoms with E-state index >= 15 is 0 Å². The highest BCUT2D eigenvalue weighted by Gasteiger charge is 2.11. The maximum absolute atomic E-state index is 13.2. The van der Waals surface area contributed by atoms with E-state index in [0.29, 0.717) is 0 Å². The highest BCUT2D eigenvalue weighted by molar-refractivity contribution is 6.02. The fourth-order valence-electron chi connectivity index (χ4n) is 1.50. The third kappa shape index (κ3) is 2.90. The summed E-state index contributed by atoms with van der Waals surface area (Å²) in [5.74, 6) is -3.22. The number of pyridine rings is 1. The van der Waals surface area contributed by atoms with Crippen molar-refractivity contribution < 1.29 is 18.0 Å². The number of nitrogens with one attached hydrogen (secondary N) is 1. The van der Waals surface area contributed by atoms with Crippen LogP contribution in [0.3, 0.4) is 0 Å². The number of benzene rings is 1. The van der Waals surface area contributed by atoms with E-state index < -0.39 is 23.4 Å². The molecule has 3 nitrogen and oxygen atoms in total. The van der Waals surface area contributed by atoms with Crippen LogP contribution in [-0.2, 0) is 0 Å². The largest absolute Gasteiger partial charge is 0.321 e. The summed E-state index contributed by atoms with van der Waals surface area (Å²) in [7, 11) is 0. The van der Waals surface area contributed by atoms with Gasteiger partial charge < -0.3 is 5.32 Å². The van der Waals surface area contributed by atoms with Gasteiger partial charge in [0.2, 0.25) is 0 Å². The average Bonchev–Trinajstić information content (AvgIpc) is 2.36. The molecule has 0 unspecified atom stereocenters. The Bertz CT molecular complexity index is 603. The molecule has 0 aliphatic rings. The van der Waals surface area contributed by atoms with Gasteiger partial charge in [0, 0.05) is 11.8 Å². The van der Waals surface area contributed by atoms with Crippen LogP contribution in [0, 0.1) is 24.4 Å². The maximum atomic E-state index is 13.2. The summed E-state index contributed by atoms with van der Waals surface area (Å²) in [5, 5.41) is 2.36. The SMILES string of the molecule is Cc1cc(NC(=O)c2ccc(F)cn2)cc(F)c1F. The lowest BCUT2D eigenvalue weighted by Gasteiger charge is -2.07. The summed E-state index contributed by atoms with van der Waals surface area (Å²) < 4.78 is 38.9. The first-order valence-electron chi connectivity index (χ1n) is 5.36. The number of hydrogen-bond donors (Lipinski definition) is 1. The number of rotatable bonds is 2. The number of halogens is 3. The second-order valence-electron chi connectivity index (χ2n) is 3.90. The van der Waals surface area contributed by atoms with Gasteiger partial charge in [-0.1, -0.05) is 0 Å². The Morgan fingerprint density at radius 1 is 1.21 bits per heavy atom. The van der Waals surface area contributed by atoms with Gasteiger partial charge in [-0.25, -0.2) is 18.2 Å². The second kappa shape index (κ2) is 5.09. The van der Waals surface area contributed by atoms with Gasteiger partial charge in [0.1, 0.15) is 11.5 Å². The highest BCUT2D eigenvalue weighted by Crippen LogP contribution is 2.18. The van der Waals surface area contributed by atoms with Crippen LogP contribution in [0.2, 0.25) is 0 Å². The molecule has 0 bridgehead atoms. The van der Waals surface area contributed by atoms with E-state index in [1.807, 2.05) is 0 Å². The van der Waals surface area contributed by atoms with Crippen molar-refractivity contribution in [2.75, 3.05) is 5.32 Å². The van der Waals surface area contributed by atoms with Gasteiger partial charge in [-0.15, -0.1) is 0 Å². The Balaban J connectivity index is 2.22. The molecule has 6 heteroatoms. The van der Waals surface area contributed by atoms with Crippen molar-refractivity contribution >= 4 is 11.6 Å². The van der Waals surface area contributed by atoms with Crippen molar-refractivity contribution in [1.82, 2.24) is 4.98 Å². The van der Waals surface area contributed by atoms with E-state index in [0.717, 1.165) is 18.3 Å². The number of nitrogens with zero attached hydrogens (tertiary/aromatic N) is 1. The molecule has 2 rings (SSSR count). The number of aromatic nitrogens is 1. The molecule has 0 saturated heterocycles. The van der Waals surface area contributed by atoms with Gasteiger partial charge in [0.25, 0.3) is 5.91 Å². The molecule has 0 aliphatic heterocycles. The van der Waals surface area contributed by atoms with Crippen LogP contribution in [0.1, 0.15) is 16.1 Å². The van der Waals surface area contributed by atoms with Gasteiger partial charge >= 0.3 is 0 Å². The number of amides is 1. The third-order valence-electron chi connectivity index (χ3n) is 2.43. The smallest absolute Gasteiger partial charge is 0.274 e. The van der Waals surface area contributed by atoms with Crippen LogP contribution < -0.4 is 5.32 Å². The van der Waals surface area contributed by atoms with Gasteiger partial charge in [0.15, 0.2) is 11.6 Å². The molecule has 0 aliphatic carbocycles. The molecular weight excluding hydrogens is 257 g/mol. The van der Waals surface area contributed by atoms with Gasteiger partial charge in [-0.3, -0.25) is 4.79 Å². The quantitative estimate of drug-likeness (QED) is 0.907. The zero-order valence-electron chi connectivity index (χ0n) is 9.88. The van der Waals surface area contributed by atoms with E-state index in [1.165, 1.54) is 19.1 Å². The lowest BCUT2D eigenvalue weighted by molar-refractivity contribution is 0.102. The first kappa shape index (κ1) is 13.1. The molecule has 0 saturated carbocycles. The zero-order valence-corrected chi connectivity index (χ0v) is 9.88. The average molecular weight is 266 g/mol. The van der Waals surface area contributed by atoms with Crippen LogP contribution in [0.5, 0.6) is 0 Å². The van der Waals surface area contributed by atoms with E-state index in [9.17, 15) is 18.0 Å². The first-order chi connectivity index (χ1) is 8.97. The highest BCUT2D eigenvalue weighted by atomic mass is 19.2. The Hall–Kier alpha value is -2.37. The minimum absolute atomic E-state index is 0.0243. The summed E-state index contributed by atoms with van der Waals surface area (Å²) in [6.07, 6.45) is 0.894. The molecule has 1 heterocycles. The fourth-order valence-corrected chi connectivity index (χ4v) is 1.50. The Morgan fingerprint density at radius 3 is 2.53 bits per heavy atom. The molecule has 2 aromatic rings. The number of carbonyl (C=O) groups is 1. The van der Waals surface area contributed by atoms with Gasteiger partial charge in [0.05, 0.1) is 6.20 Å². The van der Waals surface area contributed by atoms with Crippen LogP contribution in [0.25, 0.3) is 0 Å². The maximum Gasteiger partial charge on any atom is 0.274 e. The first-order valence-corrected chi connectivity index (χ1v) is 5.36. The Labute approximate surface area is 107 Å². The lowest BCUT2D eigenvalue weighted by atomic mass is 10.2. The Kier molecular flexibility index (Phi) is 3.50.